The molecule has 0 bridgehead atoms. The molecule has 0 heterocycles. The Morgan fingerprint density at radius 1 is 1.20 bits per heavy atom. The molecule has 0 saturated carbocycles. The van der Waals surface area contributed by atoms with Crippen molar-refractivity contribution in [3.63, 3.8) is 0 Å². The van der Waals surface area contributed by atoms with E-state index in [1.165, 1.54) is 5.56 Å². The summed E-state index contributed by atoms with van der Waals surface area (Å²) in [5, 5.41) is 0. The Balaban J connectivity index is 2.63. The molecule has 84 valence electrons. The first-order valence-electron chi connectivity index (χ1n) is 5.47. The summed E-state index contributed by atoms with van der Waals surface area (Å²) in [6.07, 6.45) is 1.12. The van der Waals surface area contributed by atoms with Crippen LogP contribution in [-0.4, -0.2) is 13.7 Å². The minimum atomic E-state index is -0.0110. The van der Waals surface area contributed by atoms with E-state index >= 15 is 0 Å². The van der Waals surface area contributed by atoms with Gasteiger partial charge in [0.2, 0.25) is 0 Å². The lowest BCUT2D eigenvalue weighted by molar-refractivity contribution is 0.181. The quantitative estimate of drug-likeness (QED) is 0.805. The Morgan fingerprint density at radius 3 is 2.27 bits per heavy atom. The Morgan fingerprint density at radius 2 is 1.80 bits per heavy atom. The molecule has 2 heteroatoms. The highest BCUT2D eigenvalue weighted by molar-refractivity contribution is 5.25. The van der Waals surface area contributed by atoms with Crippen LogP contribution in [0.1, 0.15) is 31.0 Å². The van der Waals surface area contributed by atoms with Gasteiger partial charge in [0.15, 0.2) is 0 Å². The molecule has 0 aromatic heterocycles. The smallest absolute Gasteiger partial charge is 0.0655 e. The molecule has 0 aliphatic carbocycles. The second kappa shape index (κ2) is 5.89. The van der Waals surface area contributed by atoms with E-state index < -0.39 is 0 Å². The fourth-order valence-electron chi connectivity index (χ4n) is 1.65. The van der Waals surface area contributed by atoms with Gasteiger partial charge in [-0.25, -0.2) is 0 Å². The molecule has 2 N–H and O–H groups in total. The molecule has 0 aliphatic rings. The fraction of sp³-hybridized carbons (Fsp3) is 0.538. The van der Waals surface area contributed by atoms with Crippen LogP contribution in [0, 0.1) is 5.92 Å². The number of hydrogen-bond donors (Lipinski definition) is 1. The van der Waals surface area contributed by atoms with Crippen LogP contribution in [0.25, 0.3) is 0 Å². The molecule has 1 atom stereocenters. The van der Waals surface area contributed by atoms with Gasteiger partial charge in [-0.05, 0) is 23.5 Å². The van der Waals surface area contributed by atoms with Crippen molar-refractivity contribution in [2.24, 2.45) is 11.7 Å². The van der Waals surface area contributed by atoms with Gasteiger partial charge in [-0.15, -0.1) is 0 Å². The van der Waals surface area contributed by atoms with Gasteiger partial charge >= 0.3 is 0 Å². The van der Waals surface area contributed by atoms with Gasteiger partial charge in [0.25, 0.3) is 0 Å². The van der Waals surface area contributed by atoms with E-state index in [4.69, 9.17) is 10.5 Å². The first-order chi connectivity index (χ1) is 7.13. The second-order valence-corrected chi connectivity index (χ2v) is 4.40. The lowest BCUT2D eigenvalue weighted by Crippen LogP contribution is -2.15. The summed E-state index contributed by atoms with van der Waals surface area (Å²) < 4.78 is 5.03. The molecular formula is C13H21NO. The first kappa shape index (κ1) is 12.2. The van der Waals surface area contributed by atoms with Crippen molar-refractivity contribution in [1.29, 1.82) is 0 Å². The molecule has 2 nitrogen and oxygen atoms in total. The number of nitrogens with two attached hydrogens (primary N) is 1. The molecule has 15 heavy (non-hydrogen) atoms. The van der Waals surface area contributed by atoms with Gasteiger partial charge in [-0.3, -0.25) is 0 Å². The van der Waals surface area contributed by atoms with Gasteiger partial charge in [0, 0.05) is 7.11 Å². The number of rotatable bonds is 5. The number of ether oxygens (including phenoxy) is 1. The second-order valence-electron chi connectivity index (χ2n) is 4.40. The third-order valence-electron chi connectivity index (χ3n) is 2.40. The van der Waals surface area contributed by atoms with Crippen molar-refractivity contribution in [2.75, 3.05) is 13.7 Å². The zero-order valence-corrected chi connectivity index (χ0v) is 9.86. The highest BCUT2D eigenvalue weighted by Crippen LogP contribution is 2.14. The van der Waals surface area contributed by atoms with E-state index in [0.717, 1.165) is 12.0 Å². The van der Waals surface area contributed by atoms with Crippen LogP contribution in [0.15, 0.2) is 24.3 Å². The highest BCUT2D eigenvalue weighted by atomic mass is 16.5. The Hall–Kier alpha value is -0.860. The summed E-state index contributed by atoms with van der Waals surface area (Å²) in [5.74, 6) is 0.698. The van der Waals surface area contributed by atoms with E-state index in [-0.39, 0.29) is 6.04 Å². The lowest BCUT2D eigenvalue weighted by atomic mass is 10.00. The SMILES string of the molecule is COCC(N)c1ccc(CC(C)C)cc1. The van der Waals surface area contributed by atoms with Crippen LogP contribution in [0.4, 0.5) is 0 Å². The van der Waals surface area contributed by atoms with Crippen LogP contribution >= 0.6 is 0 Å². The van der Waals surface area contributed by atoms with Crippen molar-refractivity contribution >= 4 is 0 Å². The highest BCUT2D eigenvalue weighted by Gasteiger charge is 2.05. The largest absolute Gasteiger partial charge is 0.383 e. The molecule has 1 aromatic carbocycles. The molecule has 0 spiro atoms. The van der Waals surface area contributed by atoms with Crippen LogP contribution < -0.4 is 5.73 Å². The van der Waals surface area contributed by atoms with Crippen molar-refractivity contribution in [3.8, 4) is 0 Å². The maximum atomic E-state index is 5.93. The average Bonchev–Trinajstić information content (AvgIpc) is 2.18. The Labute approximate surface area is 92.4 Å². The third-order valence-corrected chi connectivity index (χ3v) is 2.40. The molecule has 0 aliphatic heterocycles. The minimum absolute atomic E-state index is 0.0110. The van der Waals surface area contributed by atoms with E-state index in [9.17, 15) is 0 Å². The molecule has 1 rings (SSSR count). The zero-order valence-electron chi connectivity index (χ0n) is 9.86. The monoisotopic (exact) mass is 207 g/mol. The Kier molecular flexibility index (Phi) is 4.79. The van der Waals surface area contributed by atoms with Gasteiger partial charge in [-0.1, -0.05) is 38.1 Å². The predicted octanol–water partition coefficient (Wildman–Crippen LogP) is 2.53. The fourth-order valence-corrected chi connectivity index (χ4v) is 1.65. The normalized spacial score (nSPS) is 13.1. The summed E-state index contributed by atoms with van der Waals surface area (Å²) in [4.78, 5) is 0. The minimum Gasteiger partial charge on any atom is -0.383 e. The third kappa shape index (κ3) is 4.02. The first-order valence-corrected chi connectivity index (χ1v) is 5.47. The maximum absolute atomic E-state index is 5.93. The summed E-state index contributed by atoms with van der Waals surface area (Å²) in [6, 6.07) is 8.50. The average molecular weight is 207 g/mol. The summed E-state index contributed by atoms with van der Waals surface area (Å²) in [7, 11) is 1.67. The Bertz CT molecular complexity index is 279. The molecule has 0 saturated heterocycles. The molecular weight excluding hydrogens is 186 g/mol. The van der Waals surface area contributed by atoms with Crippen molar-refractivity contribution < 1.29 is 4.74 Å². The van der Waals surface area contributed by atoms with Crippen molar-refractivity contribution in [2.45, 2.75) is 26.3 Å². The van der Waals surface area contributed by atoms with E-state index in [0.29, 0.717) is 12.5 Å². The summed E-state index contributed by atoms with van der Waals surface area (Å²) >= 11 is 0. The molecule has 0 fully saturated rings. The van der Waals surface area contributed by atoms with E-state index in [2.05, 4.69) is 38.1 Å². The lowest BCUT2D eigenvalue weighted by Gasteiger charge is -2.12. The topological polar surface area (TPSA) is 35.2 Å². The van der Waals surface area contributed by atoms with Gasteiger partial charge in [-0.2, -0.15) is 0 Å². The van der Waals surface area contributed by atoms with E-state index in [1.807, 2.05) is 0 Å². The van der Waals surface area contributed by atoms with Crippen molar-refractivity contribution in [1.82, 2.24) is 0 Å². The van der Waals surface area contributed by atoms with Crippen LogP contribution in [0.3, 0.4) is 0 Å². The van der Waals surface area contributed by atoms with Crippen molar-refractivity contribution in [3.05, 3.63) is 35.4 Å². The number of hydrogen-bond acceptors (Lipinski definition) is 2. The number of methoxy groups -OCH3 is 1. The summed E-state index contributed by atoms with van der Waals surface area (Å²) in [6.45, 7) is 5.03. The van der Waals surface area contributed by atoms with Gasteiger partial charge in [0.1, 0.15) is 0 Å². The van der Waals surface area contributed by atoms with Gasteiger partial charge in [0.05, 0.1) is 12.6 Å². The van der Waals surface area contributed by atoms with Crippen LogP contribution in [-0.2, 0) is 11.2 Å². The molecule has 1 unspecified atom stereocenters. The molecule has 0 radical (unpaired) electrons. The predicted molar refractivity (Wildman–Crippen MR) is 63.8 cm³/mol. The standard InChI is InChI=1S/C13H21NO/c1-10(2)8-11-4-6-12(7-5-11)13(14)9-15-3/h4-7,10,13H,8-9,14H2,1-3H3. The van der Waals surface area contributed by atoms with Crippen LogP contribution in [0.5, 0.6) is 0 Å². The summed E-state index contributed by atoms with van der Waals surface area (Å²) in [5.41, 5.74) is 8.45. The molecule has 1 aromatic rings. The van der Waals surface area contributed by atoms with Gasteiger partial charge < -0.3 is 10.5 Å². The zero-order chi connectivity index (χ0) is 11.3. The number of benzene rings is 1. The van der Waals surface area contributed by atoms with Crippen LogP contribution in [0.2, 0.25) is 0 Å². The van der Waals surface area contributed by atoms with E-state index in [1.54, 1.807) is 7.11 Å². The molecule has 0 amide bonds. The maximum Gasteiger partial charge on any atom is 0.0655 e.